The van der Waals surface area contributed by atoms with Crippen molar-refractivity contribution in [1.29, 1.82) is 0 Å². The van der Waals surface area contributed by atoms with Crippen LogP contribution < -0.4 is 5.56 Å². The van der Waals surface area contributed by atoms with Gasteiger partial charge in [-0.25, -0.2) is 8.78 Å². The van der Waals surface area contributed by atoms with E-state index in [4.69, 9.17) is 0 Å². The molecule has 2 aromatic rings. The molecule has 1 saturated heterocycles. The van der Waals surface area contributed by atoms with Crippen LogP contribution in [0, 0.1) is 18.6 Å². The average Bonchev–Trinajstić information content (AvgIpc) is 2.95. The smallest absolute Gasteiger partial charge is 0.251 e. The number of aliphatic hydroxyl groups excluding tert-OH is 1. The molecule has 2 heterocycles. The first-order valence-electron chi connectivity index (χ1n) is 7.94. The van der Waals surface area contributed by atoms with Crippen LogP contribution in [0.3, 0.4) is 0 Å². The summed E-state index contributed by atoms with van der Waals surface area (Å²) in [5.74, 6) is -2.33. The van der Waals surface area contributed by atoms with Crippen molar-refractivity contribution in [2.24, 2.45) is 0 Å². The molecule has 7 heteroatoms. The van der Waals surface area contributed by atoms with E-state index in [2.05, 4.69) is 0 Å². The Morgan fingerprint density at radius 2 is 2.00 bits per heavy atom. The highest BCUT2D eigenvalue weighted by molar-refractivity contribution is 5.77. The molecule has 1 fully saturated rings. The highest BCUT2D eigenvalue weighted by atomic mass is 19.2. The van der Waals surface area contributed by atoms with Crippen molar-refractivity contribution >= 4 is 5.91 Å². The van der Waals surface area contributed by atoms with Gasteiger partial charge in [-0.05, 0) is 42.7 Å². The maximum Gasteiger partial charge on any atom is 0.251 e. The first-order valence-corrected chi connectivity index (χ1v) is 7.94. The maximum absolute atomic E-state index is 13.5. The van der Waals surface area contributed by atoms with E-state index in [-0.39, 0.29) is 31.0 Å². The van der Waals surface area contributed by atoms with E-state index in [1.807, 2.05) is 0 Å². The van der Waals surface area contributed by atoms with Crippen LogP contribution in [0.4, 0.5) is 8.78 Å². The number of β-amino-alcohol motifs (C(OH)–C–C–N with tert-alkyl or cyclic N) is 1. The molecule has 0 bridgehead atoms. The number of carbonyl (C=O) groups excluding carboxylic acids is 1. The number of aryl methyl sites for hydroxylation is 1. The van der Waals surface area contributed by atoms with E-state index < -0.39 is 23.8 Å². The minimum Gasteiger partial charge on any atom is -0.391 e. The second kappa shape index (κ2) is 6.76. The lowest BCUT2D eigenvalue weighted by molar-refractivity contribution is -0.133. The van der Waals surface area contributed by atoms with Gasteiger partial charge in [-0.1, -0.05) is 6.07 Å². The van der Waals surface area contributed by atoms with Gasteiger partial charge in [0.05, 0.1) is 12.1 Å². The molecule has 0 aliphatic carbocycles. The van der Waals surface area contributed by atoms with Gasteiger partial charge in [0.25, 0.3) is 5.56 Å². The molecular weight excluding hydrogens is 330 g/mol. The fourth-order valence-electron chi connectivity index (χ4n) is 3.10. The summed E-state index contributed by atoms with van der Waals surface area (Å²) in [6.07, 6.45) is 1.02. The molecule has 5 nitrogen and oxygen atoms in total. The highest BCUT2D eigenvalue weighted by Gasteiger charge is 2.35. The monoisotopic (exact) mass is 348 g/mol. The third kappa shape index (κ3) is 3.61. The summed E-state index contributed by atoms with van der Waals surface area (Å²) in [5, 5.41) is 9.93. The van der Waals surface area contributed by atoms with Crippen molar-refractivity contribution in [3.05, 3.63) is 69.6 Å². The van der Waals surface area contributed by atoms with Crippen LogP contribution in [0.15, 0.2) is 41.3 Å². The number of halogens is 2. The Bertz CT molecular complexity index is 866. The standard InChI is InChI=1S/C18H18F2N2O3/c1-11-4-5-21(17(24)6-11)10-18(25)22-9-13(23)8-16(22)12-2-3-14(19)15(20)7-12/h2-7,13,16,23H,8-10H2,1H3/t13-,16+/m0/s1. The summed E-state index contributed by atoms with van der Waals surface area (Å²) < 4.78 is 27.9. The van der Waals surface area contributed by atoms with E-state index in [1.165, 1.54) is 27.8 Å². The van der Waals surface area contributed by atoms with Gasteiger partial charge in [0, 0.05) is 18.8 Å². The Morgan fingerprint density at radius 3 is 2.68 bits per heavy atom. The van der Waals surface area contributed by atoms with Gasteiger partial charge >= 0.3 is 0 Å². The van der Waals surface area contributed by atoms with Crippen LogP contribution in [0.2, 0.25) is 0 Å². The summed E-state index contributed by atoms with van der Waals surface area (Å²) in [5.41, 5.74) is 0.919. The molecule has 1 aliphatic rings. The summed E-state index contributed by atoms with van der Waals surface area (Å²) in [4.78, 5) is 26.0. The lowest BCUT2D eigenvalue weighted by Crippen LogP contribution is -2.36. The van der Waals surface area contributed by atoms with Crippen LogP contribution in [-0.4, -0.2) is 33.1 Å². The molecule has 1 aromatic carbocycles. The number of benzene rings is 1. The molecule has 25 heavy (non-hydrogen) atoms. The maximum atomic E-state index is 13.5. The van der Waals surface area contributed by atoms with E-state index in [0.717, 1.165) is 17.7 Å². The first kappa shape index (κ1) is 17.3. The quantitative estimate of drug-likeness (QED) is 0.920. The van der Waals surface area contributed by atoms with Crippen molar-refractivity contribution in [2.45, 2.75) is 32.0 Å². The number of carbonyl (C=O) groups is 1. The molecular formula is C18H18F2N2O3. The van der Waals surface area contributed by atoms with Crippen molar-refractivity contribution < 1.29 is 18.7 Å². The van der Waals surface area contributed by atoms with Crippen LogP contribution in [-0.2, 0) is 11.3 Å². The lowest BCUT2D eigenvalue weighted by atomic mass is 10.0. The zero-order valence-electron chi connectivity index (χ0n) is 13.7. The number of likely N-dealkylation sites (tertiary alicyclic amines) is 1. The predicted molar refractivity (Wildman–Crippen MR) is 86.9 cm³/mol. The zero-order valence-corrected chi connectivity index (χ0v) is 13.7. The van der Waals surface area contributed by atoms with Crippen molar-refractivity contribution in [3.8, 4) is 0 Å². The van der Waals surface area contributed by atoms with Gasteiger partial charge in [-0.15, -0.1) is 0 Å². The Morgan fingerprint density at radius 1 is 1.24 bits per heavy atom. The normalized spacial score (nSPS) is 20.1. The van der Waals surface area contributed by atoms with Gasteiger partial charge in [-0.2, -0.15) is 0 Å². The number of hydrogen-bond donors (Lipinski definition) is 1. The van der Waals surface area contributed by atoms with Crippen LogP contribution in [0.1, 0.15) is 23.6 Å². The summed E-state index contributed by atoms with van der Waals surface area (Å²) in [6.45, 7) is 1.69. The number of aliphatic hydroxyl groups is 1. The number of rotatable bonds is 3. The van der Waals surface area contributed by atoms with E-state index in [0.29, 0.717) is 5.56 Å². The van der Waals surface area contributed by atoms with Gasteiger partial charge < -0.3 is 14.6 Å². The van der Waals surface area contributed by atoms with Gasteiger partial charge in [0.2, 0.25) is 5.91 Å². The minimum absolute atomic E-state index is 0.0864. The van der Waals surface area contributed by atoms with Crippen molar-refractivity contribution in [3.63, 3.8) is 0 Å². The first-order chi connectivity index (χ1) is 11.8. The topological polar surface area (TPSA) is 62.5 Å². The van der Waals surface area contributed by atoms with Gasteiger partial charge in [0.15, 0.2) is 11.6 Å². The number of aromatic nitrogens is 1. The Hall–Kier alpha value is -2.54. The largest absolute Gasteiger partial charge is 0.391 e. The molecule has 2 atom stereocenters. The van der Waals surface area contributed by atoms with E-state index in [1.54, 1.807) is 13.0 Å². The average molecular weight is 348 g/mol. The fourth-order valence-corrected chi connectivity index (χ4v) is 3.10. The summed E-state index contributed by atoms with van der Waals surface area (Å²) in [6, 6.07) is 6.04. The highest BCUT2D eigenvalue weighted by Crippen LogP contribution is 2.33. The van der Waals surface area contributed by atoms with Crippen molar-refractivity contribution in [2.75, 3.05) is 6.54 Å². The molecule has 1 aliphatic heterocycles. The minimum atomic E-state index is -0.999. The molecule has 0 unspecified atom stereocenters. The second-order valence-electron chi connectivity index (χ2n) is 6.30. The number of pyridine rings is 1. The molecule has 0 radical (unpaired) electrons. The van der Waals surface area contributed by atoms with E-state index in [9.17, 15) is 23.5 Å². The summed E-state index contributed by atoms with van der Waals surface area (Å²) >= 11 is 0. The molecule has 1 aromatic heterocycles. The lowest BCUT2D eigenvalue weighted by Gasteiger charge is -2.25. The number of amides is 1. The van der Waals surface area contributed by atoms with Crippen molar-refractivity contribution in [1.82, 2.24) is 9.47 Å². The zero-order chi connectivity index (χ0) is 18.1. The number of nitrogens with zero attached hydrogens (tertiary/aromatic N) is 2. The molecule has 1 N–H and O–H groups in total. The molecule has 132 valence electrons. The molecule has 0 spiro atoms. The third-order valence-electron chi connectivity index (χ3n) is 4.38. The van der Waals surface area contributed by atoms with Gasteiger partial charge in [0.1, 0.15) is 6.54 Å². The second-order valence-corrected chi connectivity index (χ2v) is 6.30. The molecule has 3 rings (SSSR count). The molecule has 0 saturated carbocycles. The Labute approximate surface area is 143 Å². The van der Waals surface area contributed by atoms with Crippen LogP contribution in [0.25, 0.3) is 0 Å². The van der Waals surface area contributed by atoms with E-state index >= 15 is 0 Å². The van der Waals surface area contributed by atoms with Crippen LogP contribution >= 0.6 is 0 Å². The fraction of sp³-hybridized carbons (Fsp3) is 0.333. The summed E-state index contributed by atoms with van der Waals surface area (Å²) in [7, 11) is 0. The predicted octanol–water partition coefficient (Wildman–Crippen LogP) is 1.77. The Balaban J connectivity index is 1.84. The molecule has 1 amide bonds. The van der Waals surface area contributed by atoms with Gasteiger partial charge in [-0.3, -0.25) is 9.59 Å². The van der Waals surface area contributed by atoms with Crippen LogP contribution in [0.5, 0.6) is 0 Å². The third-order valence-corrected chi connectivity index (χ3v) is 4.38. The SMILES string of the molecule is Cc1ccn(CC(=O)N2C[C@@H](O)C[C@@H]2c2ccc(F)c(F)c2)c(=O)c1. The Kier molecular flexibility index (Phi) is 4.67. The number of hydrogen-bond acceptors (Lipinski definition) is 3.